The van der Waals surface area contributed by atoms with Crippen molar-refractivity contribution in [3.8, 4) is 0 Å². The number of hydrogen-bond acceptors (Lipinski definition) is 6. The average Bonchev–Trinajstić information content (AvgIpc) is 2.73. The Morgan fingerprint density at radius 3 is 2.88 bits per heavy atom. The molecule has 0 aliphatic heterocycles. The normalized spacial score (nSPS) is 10.4. The van der Waals surface area contributed by atoms with Gasteiger partial charge in [-0.05, 0) is 30.6 Å². The van der Waals surface area contributed by atoms with Gasteiger partial charge in [0.15, 0.2) is 5.13 Å². The quantitative estimate of drug-likeness (QED) is 0.449. The molecule has 1 aromatic heterocycles. The first-order valence-electron chi connectivity index (χ1n) is 5.07. The van der Waals surface area contributed by atoms with Crippen molar-refractivity contribution in [1.29, 1.82) is 0 Å². The summed E-state index contributed by atoms with van der Waals surface area (Å²) in [7, 11) is 1.86. The fraction of sp³-hybridized carbons (Fsp3) is 0.667. The maximum atomic E-state index is 10.5. The van der Waals surface area contributed by atoms with Crippen molar-refractivity contribution in [3.05, 3.63) is 16.3 Å². The van der Waals surface area contributed by atoms with Crippen molar-refractivity contribution in [2.24, 2.45) is 0 Å². The van der Waals surface area contributed by atoms with E-state index in [9.17, 15) is 10.1 Å². The summed E-state index contributed by atoms with van der Waals surface area (Å²) in [5.41, 5.74) is 0. The standard InChI is InChI=1S/C9H15N3O3S/c1-11(5-3-2-4-6-13)9-10-7-8(16-9)12(14)15/h7,13H,2-6H2,1H3. The predicted molar refractivity (Wildman–Crippen MR) is 63.0 cm³/mol. The van der Waals surface area contributed by atoms with E-state index < -0.39 is 4.92 Å². The number of aliphatic hydroxyl groups is 1. The highest BCUT2D eigenvalue weighted by atomic mass is 32.1. The van der Waals surface area contributed by atoms with Crippen LogP contribution >= 0.6 is 11.3 Å². The summed E-state index contributed by atoms with van der Waals surface area (Å²) in [6.07, 6.45) is 3.98. The van der Waals surface area contributed by atoms with Crippen LogP contribution in [-0.4, -0.2) is 35.2 Å². The van der Waals surface area contributed by atoms with Crippen LogP contribution in [-0.2, 0) is 0 Å². The number of unbranched alkanes of at least 4 members (excludes halogenated alkanes) is 2. The molecule has 0 saturated carbocycles. The first kappa shape index (κ1) is 12.9. The third-order valence-corrected chi connectivity index (χ3v) is 3.20. The van der Waals surface area contributed by atoms with Gasteiger partial charge in [0.25, 0.3) is 0 Å². The molecule has 1 heterocycles. The van der Waals surface area contributed by atoms with E-state index in [1.54, 1.807) is 0 Å². The Labute approximate surface area is 97.7 Å². The Hall–Kier alpha value is -1.21. The van der Waals surface area contributed by atoms with Gasteiger partial charge in [0.2, 0.25) is 0 Å². The first-order chi connectivity index (χ1) is 7.65. The first-order valence-corrected chi connectivity index (χ1v) is 5.89. The number of aromatic nitrogens is 1. The number of nitro groups is 1. The second-order valence-electron chi connectivity index (χ2n) is 3.44. The molecule has 0 saturated heterocycles. The van der Waals surface area contributed by atoms with Gasteiger partial charge in [-0.1, -0.05) is 0 Å². The largest absolute Gasteiger partial charge is 0.396 e. The van der Waals surface area contributed by atoms with E-state index in [-0.39, 0.29) is 11.6 Å². The summed E-state index contributed by atoms with van der Waals surface area (Å²) in [4.78, 5) is 15.9. The lowest BCUT2D eigenvalue weighted by atomic mass is 10.2. The van der Waals surface area contributed by atoms with Crippen molar-refractivity contribution < 1.29 is 10.0 Å². The molecule has 1 rings (SSSR count). The van der Waals surface area contributed by atoms with Crippen molar-refractivity contribution in [2.45, 2.75) is 19.3 Å². The summed E-state index contributed by atoms with van der Waals surface area (Å²) in [5, 5.41) is 19.8. The second-order valence-corrected chi connectivity index (χ2v) is 4.43. The molecule has 0 spiro atoms. The lowest BCUT2D eigenvalue weighted by Gasteiger charge is -2.14. The highest BCUT2D eigenvalue weighted by Crippen LogP contribution is 2.27. The molecule has 0 aromatic carbocycles. The van der Waals surface area contributed by atoms with Crippen LogP contribution in [0.2, 0.25) is 0 Å². The number of anilines is 1. The van der Waals surface area contributed by atoms with Gasteiger partial charge in [-0.15, -0.1) is 0 Å². The molecule has 7 heteroatoms. The van der Waals surface area contributed by atoms with Gasteiger partial charge >= 0.3 is 5.00 Å². The Balaban J connectivity index is 2.40. The molecule has 0 aliphatic carbocycles. The van der Waals surface area contributed by atoms with Crippen LogP contribution in [0.25, 0.3) is 0 Å². The highest BCUT2D eigenvalue weighted by Gasteiger charge is 2.13. The summed E-state index contributed by atoms with van der Waals surface area (Å²) < 4.78 is 0. The van der Waals surface area contributed by atoms with E-state index in [1.807, 2.05) is 11.9 Å². The summed E-state index contributed by atoms with van der Waals surface area (Å²) in [6.45, 7) is 1.01. The lowest BCUT2D eigenvalue weighted by Crippen LogP contribution is -2.18. The molecule has 0 fully saturated rings. The topological polar surface area (TPSA) is 79.5 Å². The second kappa shape index (κ2) is 6.39. The fourth-order valence-corrected chi connectivity index (χ4v) is 1.97. The van der Waals surface area contributed by atoms with Crippen molar-refractivity contribution in [3.63, 3.8) is 0 Å². The lowest BCUT2D eigenvalue weighted by molar-refractivity contribution is -0.380. The molecule has 1 N–H and O–H groups in total. The summed E-state index contributed by atoms with van der Waals surface area (Å²) >= 11 is 1.08. The molecule has 0 amide bonds. The number of aliphatic hydroxyl groups excluding tert-OH is 1. The summed E-state index contributed by atoms with van der Waals surface area (Å²) in [6, 6.07) is 0. The van der Waals surface area contributed by atoms with Gasteiger partial charge in [-0.2, -0.15) is 0 Å². The zero-order valence-electron chi connectivity index (χ0n) is 9.13. The average molecular weight is 245 g/mol. The molecular formula is C9H15N3O3S. The fourth-order valence-electron chi connectivity index (χ4n) is 1.25. The Kier molecular flexibility index (Phi) is 5.13. The van der Waals surface area contributed by atoms with Crippen molar-refractivity contribution >= 4 is 21.5 Å². The number of rotatable bonds is 7. The monoisotopic (exact) mass is 245 g/mol. The minimum Gasteiger partial charge on any atom is -0.396 e. The van der Waals surface area contributed by atoms with Crippen LogP contribution in [0, 0.1) is 10.1 Å². The molecule has 16 heavy (non-hydrogen) atoms. The smallest absolute Gasteiger partial charge is 0.345 e. The number of thiazole rings is 1. The van der Waals surface area contributed by atoms with Gasteiger partial charge in [0.05, 0.1) is 4.92 Å². The Morgan fingerprint density at radius 2 is 2.31 bits per heavy atom. The van der Waals surface area contributed by atoms with E-state index >= 15 is 0 Å². The van der Waals surface area contributed by atoms with Crippen molar-refractivity contribution in [1.82, 2.24) is 4.98 Å². The number of hydrogen-bond donors (Lipinski definition) is 1. The molecular weight excluding hydrogens is 230 g/mol. The molecule has 0 radical (unpaired) electrons. The van der Waals surface area contributed by atoms with Crippen LogP contribution < -0.4 is 4.90 Å². The summed E-state index contributed by atoms with van der Waals surface area (Å²) in [5.74, 6) is 0. The highest BCUT2D eigenvalue weighted by molar-refractivity contribution is 7.18. The van der Waals surface area contributed by atoms with Crippen LogP contribution in [0.3, 0.4) is 0 Å². The van der Waals surface area contributed by atoms with E-state index in [2.05, 4.69) is 4.98 Å². The third-order valence-electron chi connectivity index (χ3n) is 2.14. The van der Waals surface area contributed by atoms with E-state index in [4.69, 9.17) is 5.11 Å². The Bertz CT molecular complexity index is 342. The minimum atomic E-state index is -0.430. The van der Waals surface area contributed by atoms with Gasteiger partial charge in [0.1, 0.15) is 6.20 Å². The molecule has 0 unspecified atom stereocenters. The Morgan fingerprint density at radius 1 is 1.56 bits per heavy atom. The third kappa shape index (κ3) is 3.74. The zero-order chi connectivity index (χ0) is 12.0. The molecule has 0 bridgehead atoms. The van der Waals surface area contributed by atoms with E-state index in [1.165, 1.54) is 6.20 Å². The van der Waals surface area contributed by atoms with Crippen molar-refractivity contribution in [2.75, 3.05) is 25.1 Å². The van der Waals surface area contributed by atoms with Gasteiger partial charge in [-0.3, -0.25) is 10.1 Å². The van der Waals surface area contributed by atoms with E-state index in [0.717, 1.165) is 37.1 Å². The number of nitrogens with zero attached hydrogens (tertiary/aromatic N) is 3. The zero-order valence-corrected chi connectivity index (χ0v) is 9.94. The maximum Gasteiger partial charge on any atom is 0.345 e. The predicted octanol–water partition coefficient (Wildman–Crippen LogP) is 1.65. The van der Waals surface area contributed by atoms with Crippen LogP contribution in [0.5, 0.6) is 0 Å². The van der Waals surface area contributed by atoms with Crippen LogP contribution in [0.1, 0.15) is 19.3 Å². The van der Waals surface area contributed by atoms with Gasteiger partial charge < -0.3 is 10.0 Å². The molecule has 1 aromatic rings. The minimum absolute atomic E-state index is 0.0669. The van der Waals surface area contributed by atoms with E-state index in [0.29, 0.717) is 5.13 Å². The maximum absolute atomic E-state index is 10.5. The molecule has 90 valence electrons. The molecule has 0 aliphatic rings. The van der Waals surface area contributed by atoms with Gasteiger partial charge in [-0.25, -0.2) is 4.98 Å². The van der Waals surface area contributed by atoms with Crippen LogP contribution in [0.4, 0.5) is 10.1 Å². The molecule has 6 nitrogen and oxygen atoms in total. The molecule has 0 atom stereocenters. The van der Waals surface area contributed by atoms with Gasteiger partial charge in [0, 0.05) is 20.2 Å². The SMILES string of the molecule is CN(CCCCCO)c1ncc([N+](=O)[O-])s1. The van der Waals surface area contributed by atoms with Crippen LogP contribution in [0.15, 0.2) is 6.20 Å².